The van der Waals surface area contributed by atoms with Crippen LogP contribution in [0.25, 0.3) is 0 Å². The summed E-state index contributed by atoms with van der Waals surface area (Å²) in [6.07, 6.45) is 5.50. The molecule has 7 nitrogen and oxygen atoms in total. The second kappa shape index (κ2) is 8.24. The Morgan fingerprint density at radius 2 is 2.19 bits per heavy atom. The first-order chi connectivity index (χ1) is 12.5. The van der Waals surface area contributed by atoms with Crippen LogP contribution in [0.1, 0.15) is 38.9 Å². The average Bonchev–Trinajstić information content (AvgIpc) is 3.26. The summed E-state index contributed by atoms with van der Waals surface area (Å²) in [6, 6.07) is 0.417. The van der Waals surface area contributed by atoms with E-state index in [1.54, 1.807) is 0 Å². The van der Waals surface area contributed by atoms with Gasteiger partial charge >= 0.3 is 0 Å². The second-order valence-corrected chi connectivity index (χ2v) is 8.24. The monoisotopic (exact) mass is 489 g/mol. The minimum Gasteiger partial charge on any atom is -0.377 e. The molecule has 3 heterocycles. The van der Waals surface area contributed by atoms with Crippen molar-refractivity contribution in [2.75, 3.05) is 32.8 Å². The van der Waals surface area contributed by atoms with E-state index in [1.807, 2.05) is 24.1 Å². The third-order valence-electron chi connectivity index (χ3n) is 6.16. The third kappa shape index (κ3) is 3.85. The maximum Gasteiger partial charge on any atom is 0.194 e. The first kappa shape index (κ1) is 20.9. The van der Waals surface area contributed by atoms with Crippen molar-refractivity contribution in [3.8, 4) is 0 Å². The lowest BCUT2D eigenvalue weighted by Crippen LogP contribution is -2.68. The lowest BCUT2D eigenvalue weighted by Gasteiger charge is -2.55. The molecule has 1 aromatic rings. The van der Waals surface area contributed by atoms with Crippen molar-refractivity contribution in [2.45, 2.75) is 45.4 Å². The molecular formula is C19H32IN5O2. The van der Waals surface area contributed by atoms with Crippen LogP contribution in [-0.2, 0) is 16.5 Å². The molecular weight excluding hydrogens is 457 g/mol. The van der Waals surface area contributed by atoms with Crippen LogP contribution in [-0.4, -0.2) is 65.6 Å². The molecule has 4 unspecified atom stereocenters. The van der Waals surface area contributed by atoms with Gasteiger partial charge in [-0.2, -0.15) is 5.10 Å². The lowest BCUT2D eigenvalue weighted by molar-refractivity contribution is -0.108. The van der Waals surface area contributed by atoms with Crippen LogP contribution in [0, 0.1) is 11.3 Å². The minimum absolute atomic E-state index is 0. The van der Waals surface area contributed by atoms with Gasteiger partial charge in [0.15, 0.2) is 5.96 Å². The quantitative estimate of drug-likeness (QED) is 0.401. The predicted molar refractivity (Wildman–Crippen MR) is 115 cm³/mol. The largest absolute Gasteiger partial charge is 0.377 e. The van der Waals surface area contributed by atoms with E-state index in [0.29, 0.717) is 24.7 Å². The number of aryl methyl sites for hydroxylation is 1. The van der Waals surface area contributed by atoms with Crippen molar-refractivity contribution in [1.29, 1.82) is 0 Å². The number of hydrogen-bond acceptors (Lipinski definition) is 4. The van der Waals surface area contributed by atoms with E-state index in [2.05, 4.69) is 36.1 Å². The summed E-state index contributed by atoms with van der Waals surface area (Å²) in [4.78, 5) is 7.13. The number of aliphatic imine (C=N–C) groups is 1. The summed E-state index contributed by atoms with van der Waals surface area (Å²) in [7, 11) is 1.94. The van der Waals surface area contributed by atoms with E-state index in [1.165, 1.54) is 0 Å². The van der Waals surface area contributed by atoms with E-state index < -0.39 is 0 Å². The predicted octanol–water partition coefficient (Wildman–Crippen LogP) is 2.19. The Hall–Kier alpha value is -0.870. The van der Waals surface area contributed by atoms with Crippen LogP contribution in [0.5, 0.6) is 0 Å². The highest BCUT2D eigenvalue weighted by molar-refractivity contribution is 14.0. The van der Waals surface area contributed by atoms with Gasteiger partial charge in [0.1, 0.15) is 6.10 Å². The molecule has 1 N–H and O–H groups in total. The Balaban J connectivity index is 0.00000210. The summed E-state index contributed by atoms with van der Waals surface area (Å²) in [5, 5.41) is 8.07. The van der Waals surface area contributed by atoms with Gasteiger partial charge in [-0.05, 0) is 13.3 Å². The van der Waals surface area contributed by atoms with Crippen LogP contribution in [0.3, 0.4) is 0 Å². The molecule has 4 atom stereocenters. The van der Waals surface area contributed by atoms with Gasteiger partial charge in [0.2, 0.25) is 0 Å². The molecule has 0 spiro atoms. The number of ether oxygens (including phenoxy) is 2. The molecule has 8 heteroatoms. The Morgan fingerprint density at radius 3 is 2.89 bits per heavy atom. The number of nitrogens with zero attached hydrogens (tertiary/aromatic N) is 4. The van der Waals surface area contributed by atoms with Gasteiger partial charge in [-0.15, -0.1) is 24.0 Å². The molecule has 0 aromatic carbocycles. The molecule has 2 saturated heterocycles. The minimum atomic E-state index is 0. The molecule has 4 rings (SSSR count). The van der Waals surface area contributed by atoms with Crippen molar-refractivity contribution in [3.05, 3.63) is 18.0 Å². The second-order valence-electron chi connectivity index (χ2n) is 8.24. The fourth-order valence-electron chi connectivity index (χ4n) is 4.79. The molecule has 1 aliphatic carbocycles. The molecule has 0 amide bonds. The smallest absolute Gasteiger partial charge is 0.194 e. The van der Waals surface area contributed by atoms with Gasteiger partial charge in [-0.1, -0.05) is 13.8 Å². The summed E-state index contributed by atoms with van der Waals surface area (Å²) in [6.45, 7) is 10.7. The number of halogens is 1. The SMILES string of the molecule is CCN=C(NC1C2CCOC2C1(C)C)N1CCOC(c2cnn(C)c2)C1.I. The topological polar surface area (TPSA) is 63.9 Å². The van der Waals surface area contributed by atoms with Crippen LogP contribution < -0.4 is 5.32 Å². The molecule has 2 aliphatic heterocycles. The van der Waals surface area contributed by atoms with Crippen LogP contribution in [0.15, 0.2) is 17.4 Å². The van der Waals surface area contributed by atoms with Crippen molar-refractivity contribution in [2.24, 2.45) is 23.4 Å². The Morgan fingerprint density at radius 1 is 1.37 bits per heavy atom. The zero-order chi connectivity index (χ0) is 18.3. The summed E-state index contributed by atoms with van der Waals surface area (Å²) in [5.41, 5.74) is 1.27. The normalized spacial score (nSPS) is 32.4. The molecule has 0 bridgehead atoms. The number of fused-ring (bicyclic) bond motifs is 1. The van der Waals surface area contributed by atoms with Crippen molar-refractivity contribution in [3.63, 3.8) is 0 Å². The Kier molecular flexibility index (Phi) is 6.37. The highest BCUT2D eigenvalue weighted by atomic mass is 127. The van der Waals surface area contributed by atoms with E-state index in [9.17, 15) is 0 Å². The molecule has 3 fully saturated rings. The summed E-state index contributed by atoms with van der Waals surface area (Å²) in [5.74, 6) is 1.61. The van der Waals surface area contributed by atoms with Crippen molar-refractivity contribution < 1.29 is 9.47 Å². The molecule has 152 valence electrons. The summed E-state index contributed by atoms with van der Waals surface area (Å²) < 4.78 is 13.8. The Bertz CT molecular complexity index is 677. The molecule has 1 aromatic heterocycles. The standard InChI is InChI=1S/C19H31N5O2.HI/c1-5-20-18(22-16-14-6-8-26-17(14)19(16,2)3)24-7-9-25-15(12-24)13-10-21-23(4)11-13;/h10-11,14-17H,5-9,12H2,1-4H3,(H,20,22);1H. The third-order valence-corrected chi connectivity index (χ3v) is 6.16. The molecule has 0 radical (unpaired) electrons. The van der Waals surface area contributed by atoms with Crippen molar-refractivity contribution >= 4 is 29.9 Å². The maximum absolute atomic E-state index is 5.99. The highest BCUT2D eigenvalue weighted by Gasteiger charge is 2.59. The Labute approximate surface area is 178 Å². The molecule has 3 aliphatic rings. The fourth-order valence-corrected chi connectivity index (χ4v) is 4.79. The zero-order valence-corrected chi connectivity index (χ0v) is 19.1. The van der Waals surface area contributed by atoms with Crippen molar-refractivity contribution in [1.82, 2.24) is 20.0 Å². The van der Waals surface area contributed by atoms with E-state index >= 15 is 0 Å². The van der Waals surface area contributed by atoms with Gasteiger partial charge in [0, 0.05) is 55.9 Å². The number of aromatic nitrogens is 2. The van der Waals surface area contributed by atoms with E-state index in [0.717, 1.165) is 44.2 Å². The zero-order valence-electron chi connectivity index (χ0n) is 16.7. The highest BCUT2D eigenvalue weighted by Crippen LogP contribution is 2.52. The fraction of sp³-hybridized carbons (Fsp3) is 0.789. The molecule has 27 heavy (non-hydrogen) atoms. The van der Waals surface area contributed by atoms with Gasteiger partial charge < -0.3 is 19.7 Å². The van der Waals surface area contributed by atoms with E-state index in [4.69, 9.17) is 14.5 Å². The van der Waals surface area contributed by atoms with Crippen LogP contribution >= 0.6 is 24.0 Å². The number of nitrogens with one attached hydrogen (secondary N) is 1. The average molecular weight is 489 g/mol. The van der Waals surface area contributed by atoms with Gasteiger partial charge in [0.05, 0.1) is 25.5 Å². The number of rotatable bonds is 3. The van der Waals surface area contributed by atoms with Crippen LogP contribution in [0.4, 0.5) is 0 Å². The van der Waals surface area contributed by atoms with Gasteiger partial charge in [-0.25, -0.2) is 0 Å². The van der Waals surface area contributed by atoms with E-state index in [-0.39, 0.29) is 35.5 Å². The van der Waals surface area contributed by atoms with Crippen LogP contribution in [0.2, 0.25) is 0 Å². The number of hydrogen-bond donors (Lipinski definition) is 1. The first-order valence-electron chi connectivity index (χ1n) is 9.78. The van der Waals surface area contributed by atoms with Gasteiger partial charge in [0.25, 0.3) is 0 Å². The lowest BCUT2D eigenvalue weighted by atomic mass is 9.57. The summed E-state index contributed by atoms with van der Waals surface area (Å²) >= 11 is 0. The number of guanidine groups is 1. The maximum atomic E-state index is 5.99. The number of morpholine rings is 1. The first-order valence-corrected chi connectivity index (χ1v) is 9.78. The van der Waals surface area contributed by atoms with Gasteiger partial charge in [-0.3, -0.25) is 9.67 Å². The molecule has 1 saturated carbocycles.